The number of hydrogen-bond acceptors (Lipinski definition) is 4. The number of para-hydroxylation sites is 3. The summed E-state index contributed by atoms with van der Waals surface area (Å²) in [4.78, 5) is 15.6. The van der Waals surface area contributed by atoms with Gasteiger partial charge in [0.2, 0.25) is 5.91 Å². The van der Waals surface area contributed by atoms with Crippen LogP contribution in [0.4, 0.5) is 5.69 Å². The second-order valence-electron chi connectivity index (χ2n) is 8.57. The van der Waals surface area contributed by atoms with E-state index in [1.54, 1.807) is 7.11 Å². The standard InChI is InChI=1S/C26H34N2O3/c1-30-24-13-7-8-14-25(24)31-18-17-27-19-22-16-15-20-9-5-6-12-23(20)28(22)26(29)21-10-3-2-4-11-21/h5-9,12-14,21-22,27H,2-4,10-11,15-19H2,1H3. The van der Waals surface area contributed by atoms with Crippen molar-refractivity contribution in [2.45, 2.75) is 51.0 Å². The molecule has 1 amide bonds. The van der Waals surface area contributed by atoms with Crippen LogP contribution in [0.3, 0.4) is 0 Å². The Labute approximate surface area is 185 Å². The fraction of sp³-hybridized carbons (Fsp3) is 0.500. The van der Waals surface area contributed by atoms with Crippen molar-refractivity contribution in [2.24, 2.45) is 5.92 Å². The molecule has 2 aromatic rings. The molecule has 1 aliphatic carbocycles. The van der Waals surface area contributed by atoms with Gasteiger partial charge in [0.05, 0.1) is 7.11 Å². The minimum absolute atomic E-state index is 0.177. The zero-order valence-electron chi connectivity index (χ0n) is 18.5. The van der Waals surface area contributed by atoms with Crippen molar-refractivity contribution in [3.8, 4) is 11.5 Å². The SMILES string of the molecule is COc1ccccc1OCCNCC1CCc2ccccc2N1C(=O)C1CCCCC1. The van der Waals surface area contributed by atoms with E-state index in [-0.39, 0.29) is 12.0 Å². The molecule has 166 valence electrons. The quantitative estimate of drug-likeness (QED) is 0.632. The highest BCUT2D eigenvalue weighted by atomic mass is 16.5. The lowest BCUT2D eigenvalue weighted by Gasteiger charge is -2.40. The number of aryl methyl sites for hydroxylation is 1. The van der Waals surface area contributed by atoms with Gasteiger partial charge in [0.15, 0.2) is 11.5 Å². The molecular formula is C26H34N2O3. The molecule has 0 aromatic heterocycles. The van der Waals surface area contributed by atoms with Crippen LogP contribution in [0.1, 0.15) is 44.1 Å². The third-order valence-corrected chi connectivity index (χ3v) is 6.54. The van der Waals surface area contributed by atoms with Crippen LogP contribution in [0.15, 0.2) is 48.5 Å². The predicted octanol–water partition coefficient (Wildman–Crippen LogP) is 4.59. The summed E-state index contributed by atoms with van der Waals surface area (Å²) in [5.41, 5.74) is 2.41. The minimum Gasteiger partial charge on any atom is -0.493 e. The van der Waals surface area contributed by atoms with E-state index in [1.165, 1.54) is 24.8 Å². The number of ether oxygens (including phenoxy) is 2. The lowest BCUT2D eigenvalue weighted by Crippen LogP contribution is -2.51. The normalized spacial score (nSPS) is 19.0. The predicted molar refractivity (Wildman–Crippen MR) is 124 cm³/mol. The molecule has 0 saturated heterocycles. The Kier molecular flexibility index (Phi) is 7.47. The molecule has 1 saturated carbocycles. The number of benzene rings is 2. The number of amides is 1. The van der Waals surface area contributed by atoms with Crippen LogP contribution in [0, 0.1) is 5.92 Å². The molecule has 31 heavy (non-hydrogen) atoms. The van der Waals surface area contributed by atoms with Crippen LogP contribution >= 0.6 is 0 Å². The third kappa shape index (κ3) is 5.21. The number of fused-ring (bicyclic) bond motifs is 1. The maximum atomic E-state index is 13.5. The van der Waals surface area contributed by atoms with Gasteiger partial charge in [-0.3, -0.25) is 4.79 Å². The van der Waals surface area contributed by atoms with Gasteiger partial charge >= 0.3 is 0 Å². The van der Waals surface area contributed by atoms with Crippen molar-refractivity contribution in [3.05, 3.63) is 54.1 Å². The summed E-state index contributed by atoms with van der Waals surface area (Å²) in [6, 6.07) is 16.3. The minimum atomic E-state index is 0.177. The van der Waals surface area contributed by atoms with E-state index >= 15 is 0 Å². The number of nitrogens with one attached hydrogen (secondary N) is 1. The largest absolute Gasteiger partial charge is 0.493 e. The molecule has 0 radical (unpaired) electrons. The third-order valence-electron chi connectivity index (χ3n) is 6.54. The van der Waals surface area contributed by atoms with E-state index in [0.29, 0.717) is 12.5 Å². The van der Waals surface area contributed by atoms with Crippen molar-refractivity contribution in [2.75, 3.05) is 31.7 Å². The Bertz CT molecular complexity index is 863. The van der Waals surface area contributed by atoms with Gasteiger partial charge < -0.3 is 19.7 Å². The molecule has 1 N–H and O–H groups in total. The summed E-state index contributed by atoms with van der Waals surface area (Å²) in [5.74, 6) is 2.00. The molecule has 1 heterocycles. The Morgan fingerprint density at radius 1 is 1.00 bits per heavy atom. The zero-order chi connectivity index (χ0) is 21.5. The molecule has 4 rings (SSSR count). The Morgan fingerprint density at radius 2 is 1.74 bits per heavy atom. The van der Waals surface area contributed by atoms with Gasteiger partial charge in [0.25, 0.3) is 0 Å². The van der Waals surface area contributed by atoms with Gasteiger partial charge in [0, 0.05) is 30.7 Å². The second-order valence-corrected chi connectivity index (χ2v) is 8.57. The maximum absolute atomic E-state index is 13.5. The number of carbonyl (C=O) groups is 1. The highest BCUT2D eigenvalue weighted by Gasteiger charge is 2.34. The van der Waals surface area contributed by atoms with Crippen molar-refractivity contribution in [1.82, 2.24) is 5.32 Å². The lowest BCUT2D eigenvalue weighted by molar-refractivity contribution is -0.123. The molecule has 0 bridgehead atoms. The average Bonchev–Trinajstić information content (AvgIpc) is 2.84. The van der Waals surface area contributed by atoms with E-state index in [1.807, 2.05) is 24.3 Å². The average molecular weight is 423 g/mol. The van der Waals surface area contributed by atoms with Crippen molar-refractivity contribution >= 4 is 11.6 Å². The molecule has 1 atom stereocenters. The van der Waals surface area contributed by atoms with Crippen LogP contribution < -0.4 is 19.7 Å². The summed E-state index contributed by atoms with van der Waals surface area (Å²) in [6.07, 6.45) is 7.70. The monoisotopic (exact) mass is 422 g/mol. The van der Waals surface area contributed by atoms with Gasteiger partial charge in [-0.1, -0.05) is 49.6 Å². The van der Waals surface area contributed by atoms with Crippen LogP contribution in [0.5, 0.6) is 11.5 Å². The van der Waals surface area contributed by atoms with E-state index in [9.17, 15) is 4.79 Å². The Hall–Kier alpha value is -2.53. The molecular weight excluding hydrogens is 388 g/mol. The molecule has 0 spiro atoms. The fourth-order valence-corrected chi connectivity index (χ4v) is 4.88. The topological polar surface area (TPSA) is 50.8 Å². The molecule has 1 unspecified atom stereocenters. The highest BCUT2D eigenvalue weighted by Crippen LogP contribution is 2.34. The molecule has 2 aromatic carbocycles. The maximum Gasteiger partial charge on any atom is 0.230 e. The lowest BCUT2D eigenvalue weighted by atomic mass is 9.86. The molecule has 1 aliphatic heterocycles. The van der Waals surface area contributed by atoms with Gasteiger partial charge in [-0.2, -0.15) is 0 Å². The molecule has 1 fully saturated rings. The summed E-state index contributed by atoms with van der Waals surface area (Å²) >= 11 is 0. The van der Waals surface area contributed by atoms with Crippen molar-refractivity contribution in [1.29, 1.82) is 0 Å². The van der Waals surface area contributed by atoms with E-state index in [0.717, 1.165) is 56.0 Å². The number of anilines is 1. The Balaban J connectivity index is 1.36. The van der Waals surface area contributed by atoms with Crippen LogP contribution in [0.2, 0.25) is 0 Å². The molecule has 5 heteroatoms. The fourth-order valence-electron chi connectivity index (χ4n) is 4.88. The van der Waals surface area contributed by atoms with Crippen molar-refractivity contribution < 1.29 is 14.3 Å². The summed E-state index contributed by atoms with van der Waals surface area (Å²) in [5, 5.41) is 3.52. The zero-order valence-corrected chi connectivity index (χ0v) is 18.5. The van der Waals surface area contributed by atoms with Gasteiger partial charge in [-0.05, 0) is 49.4 Å². The summed E-state index contributed by atoms with van der Waals surface area (Å²) < 4.78 is 11.2. The Morgan fingerprint density at radius 3 is 2.55 bits per heavy atom. The summed E-state index contributed by atoms with van der Waals surface area (Å²) in [7, 11) is 1.65. The number of nitrogens with zero attached hydrogens (tertiary/aromatic N) is 1. The number of carbonyl (C=O) groups excluding carboxylic acids is 1. The smallest absolute Gasteiger partial charge is 0.230 e. The van der Waals surface area contributed by atoms with Gasteiger partial charge in [-0.25, -0.2) is 0 Å². The molecule has 5 nitrogen and oxygen atoms in total. The van der Waals surface area contributed by atoms with Crippen LogP contribution in [-0.2, 0) is 11.2 Å². The van der Waals surface area contributed by atoms with Crippen molar-refractivity contribution in [3.63, 3.8) is 0 Å². The summed E-state index contributed by atoms with van der Waals surface area (Å²) in [6.45, 7) is 2.06. The first-order valence-electron chi connectivity index (χ1n) is 11.7. The molecule has 2 aliphatic rings. The van der Waals surface area contributed by atoms with E-state index < -0.39 is 0 Å². The second kappa shape index (κ2) is 10.7. The first kappa shape index (κ1) is 21.7. The number of hydrogen-bond donors (Lipinski definition) is 1. The van der Waals surface area contributed by atoms with Gasteiger partial charge in [-0.15, -0.1) is 0 Å². The number of rotatable bonds is 8. The first-order valence-corrected chi connectivity index (χ1v) is 11.7. The van der Waals surface area contributed by atoms with E-state index in [2.05, 4.69) is 34.5 Å². The van der Waals surface area contributed by atoms with Crippen LogP contribution in [0.25, 0.3) is 0 Å². The highest BCUT2D eigenvalue weighted by molar-refractivity contribution is 5.97. The van der Waals surface area contributed by atoms with E-state index in [4.69, 9.17) is 9.47 Å². The number of methoxy groups -OCH3 is 1. The van der Waals surface area contributed by atoms with Gasteiger partial charge in [0.1, 0.15) is 6.61 Å². The van der Waals surface area contributed by atoms with Crippen LogP contribution in [-0.4, -0.2) is 38.8 Å². The first-order chi connectivity index (χ1) is 15.3.